The summed E-state index contributed by atoms with van der Waals surface area (Å²) in [6, 6.07) is 9.17. The number of nitrogens with one attached hydrogen (secondary N) is 1. The quantitative estimate of drug-likeness (QED) is 0.758. The number of rotatable bonds is 8. The molecule has 0 spiro atoms. The molecule has 0 bridgehead atoms. The van der Waals surface area contributed by atoms with E-state index < -0.39 is 0 Å². The normalized spacial score (nSPS) is 14.4. The summed E-state index contributed by atoms with van der Waals surface area (Å²) in [7, 11) is 0. The van der Waals surface area contributed by atoms with Crippen LogP contribution in [0.2, 0.25) is 0 Å². The molecule has 0 heterocycles. The van der Waals surface area contributed by atoms with Gasteiger partial charge in [0.25, 0.3) is 0 Å². The maximum Gasteiger partial charge on any atom is 0.0741 e. The van der Waals surface area contributed by atoms with Gasteiger partial charge in [-0.15, -0.1) is 0 Å². The lowest BCUT2D eigenvalue weighted by Crippen LogP contribution is -2.32. The van der Waals surface area contributed by atoms with Crippen molar-refractivity contribution in [1.29, 1.82) is 0 Å². The molecule has 1 aromatic carbocycles. The van der Waals surface area contributed by atoms with Crippen LogP contribution in [0.4, 0.5) is 0 Å². The van der Waals surface area contributed by atoms with E-state index in [0.717, 1.165) is 26.0 Å². The zero-order chi connectivity index (χ0) is 13.4. The lowest BCUT2D eigenvalue weighted by atomic mass is 10.00. The number of ether oxygens (including phenoxy) is 1. The Bertz CT molecular complexity index is 320. The lowest BCUT2D eigenvalue weighted by molar-refractivity contribution is 0.0472. The predicted molar refractivity (Wildman–Crippen MR) is 77.9 cm³/mol. The van der Waals surface area contributed by atoms with E-state index >= 15 is 0 Å². The van der Waals surface area contributed by atoms with Crippen LogP contribution in [0.5, 0.6) is 0 Å². The lowest BCUT2D eigenvalue weighted by Gasteiger charge is -2.25. The average molecular weight is 249 g/mol. The van der Waals surface area contributed by atoms with Gasteiger partial charge >= 0.3 is 0 Å². The largest absolute Gasteiger partial charge is 0.377 e. The van der Waals surface area contributed by atoms with E-state index in [4.69, 9.17) is 4.74 Å². The van der Waals surface area contributed by atoms with Gasteiger partial charge in [0.15, 0.2) is 0 Å². The highest BCUT2D eigenvalue weighted by molar-refractivity contribution is 5.25. The molecule has 0 aliphatic heterocycles. The SMILES string of the molecule is CCCNC(c1ccc(CC)cc1)C(C)OCC. The van der Waals surface area contributed by atoms with Crippen LogP contribution in [-0.4, -0.2) is 19.3 Å². The van der Waals surface area contributed by atoms with Crippen molar-refractivity contribution in [3.8, 4) is 0 Å². The zero-order valence-electron chi connectivity index (χ0n) is 12.2. The molecule has 1 N–H and O–H groups in total. The first-order chi connectivity index (χ1) is 8.72. The highest BCUT2D eigenvalue weighted by Crippen LogP contribution is 2.20. The van der Waals surface area contributed by atoms with E-state index in [1.165, 1.54) is 11.1 Å². The summed E-state index contributed by atoms with van der Waals surface area (Å²) in [5.41, 5.74) is 2.71. The summed E-state index contributed by atoms with van der Waals surface area (Å²) in [5.74, 6) is 0. The van der Waals surface area contributed by atoms with Crippen LogP contribution >= 0.6 is 0 Å². The van der Waals surface area contributed by atoms with Crippen molar-refractivity contribution in [2.45, 2.75) is 52.7 Å². The van der Waals surface area contributed by atoms with Crippen LogP contribution < -0.4 is 5.32 Å². The molecule has 1 aromatic rings. The smallest absolute Gasteiger partial charge is 0.0741 e. The van der Waals surface area contributed by atoms with Gasteiger partial charge in [0.2, 0.25) is 0 Å². The first-order valence-electron chi connectivity index (χ1n) is 7.16. The Balaban J connectivity index is 2.79. The zero-order valence-corrected chi connectivity index (χ0v) is 12.2. The van der Waals surface area contributed by atoms with Crippen LogP contribution in [0.3, 0.4) is 0 Å². The topological polar surface area (TPSA) is 21.3 Å². The van der Waals surface area contributed by atoms with Gasteiger partial charge in [0.05, 0.1) is 12.1 Å². The molecule has 2 atom stereocenters. The van der Waals surface area contributed by atoms with Gasteiger partial charge < -0.3 is 10.1 Å². The summed E-state index contributed by atoms with van der Waals surface area (Å²) >= 11 is 0. The molecule has 0 radical (unpaired) electrons. The molecule has 0 aliphatic rings. The standard InChI is InChI=1S/C16H27NO/c1-5-12-17-16(13(4)18-7-3)15-10-8-14(6-2)9-11-15/h8-11,13,16-17H,5-7,12H2,1-4H3. The Morgan fingerprint density at radius 1 is 1.11 bits per heavy atom. The number of hydrogen-bond acceptors (Lipinski definition) is 2. The van der Waals surface area contributed by atoms with Gasteiger partial charge in [-0.2, -0.15) is 0 Å². The molecule has 0 aromatic heterocycles. The van der Waals surface area contributed by atoms with E-state index in [0.29, 0.717) is 0 Å². The van der Waals surface area contributed by atoms with Crippen LogP contribution in [0.15, 0.2) is 24.3 Å². The summed E-state index contributed by atoms with van der Waals surface area (Å²) in [4.78, 5) is 0. The predicted octanol–water partition coefficient (Wildman–Crippen LogP) is 3.71. The van der Waals surface area contributed by atoms with Gasteiger partial charge in [-0.3, -0.25) is 0 Å². The summed E-state index contributed by atoms with van der Waals surface area (Å²) in [6.07, 6.45) is 2.44. The maximum atomic E-state index is 5.75. The molecule has 2 nitrogen and oxygen atoms in total. The first kappa shape index (κ1) is 15.2. The summed E-state index contributed by atoms with van der Waals surface area (Å²) in [5, 5.41) is 3.58. The monoisotopic (exact) mass is 249 g/mol. The van der Waals surface area contributed by atoms with Crippen molar-refractivity contribution in [2.24, 2.45) is 0 Å². The minimum atomic E-state index is 0.203. The number of hydrogen-bond donors (Lipinski definition) is 1. The molecular formula is C16H27NO. The van der Waals surface area contributed by atoms with E-state index in [-0.39, 0.29) is 12.1 Å². The Morgan fingerprint density at radius 2 is 1.78 bits per heavy atom. The fourth-order valence-electron chi connectivity index (χ4n) is 2.17. The van der Waals surface area contributed by atoms with E-state index in [2.05, 4.69) is 50.4 Å². The Morgan fingerprint density at radius 3 is 2.28 bits per heavy atom. The maximum absolute atomic E-state index is 5.75. The second kappa shape index (κ2) is 8.28. The van der Waals surface area contributed by atoms with Gasteiger partial charge in [-0.25, -0.2) is 0 Å². The van der Waals surface area contributed by atoms with Gasteiger partial charge in [-0.05, 0) is 44.4 Å². The van der Waals surface area contributed by atoms with Crippen LogP contribution in [-0.2, 0) is 11.2 Å². The highest BCUT2D eigenvalue weighted by atomic mass is 16.5. The molecule has 0 aliphatic carbocycles. The first-order valence-corrected chi connectivity index (χ1v) is 7.16. The van der Waals surface area contributed by atoms with Crippen molar-refractivity contribution in [2.75, 3.05) is 13.2 Å². The van der Waals surface area contributed by atoms with Gasteiger partial charge in [0.1, 0.15) is 0 Å². The third-order valence-electron chi connectivity index (χ3n) is 3.26. The average Bonchev–Trinajstić information content (AvgIpc) is 2.40. The second-order valence-corrected chi connectivity index (χ2v) is 4.69. The highest BCUT2D eigenvalue weighted by Gasteiger charge is 2.18. The molecule has 18 heavy (non-hydrogen) atoms. The molecule has 1 rings (SSSR count). The molecule has 2 heteroatoms. The van der Waals surface area contributed by atoms with Crippen molar-refractivity contribution >= 4 is 0 Å². The molecule has 0 amide bonds. The molecule has 0 saturated carbocycles. The fourth-order valence-corrected chi connectivity index (χ4v) is 2.17. The Labute approximate surface area is 112 Å². The molecule has 0 saturated heterocycles. The Kier molecular flexibility index (Phi) is 6.99. The van der Waals surface area contributed by atoms with E-state index in [9.17, 15) is 0 Å². The number of benzene rings is 1. The second-order valence-electron chi connectivity index (χ2n) is 4.69. The van der Waals surface area contributed by atoms with Gasteiger partial charge in [0, 0.05) is 6.61 Å². The van der Waals surface area contributed by atoms with Gasteiger partial charge in [-0.1, -0.05) is 38.1 Å². The fraction of sp³-hybridized carbons (Fsp3) is 0.625. The third kappa shape index (κ3) is 4.43. The van der Waals surface area contributed by atoms with Crippen molar-refractivity contribution in [3.05, 3.63) is 35.4 Å². The molecule has 0 fully saturated rings. The number of aryl methyl sites for hydroxylation is 1. The van der Waals surface area contributed by atoms with E-state index in [1.807, 2.05) is 6.92 Å². The molecular weight excluding hydrogens is 222 g/mol. The Hall–Kier alpha value is -0.860. The molecule has 2 unspecified atom stereocenters. The minimum absolute atomic E-state index is 0.203. The minimum Gasteiger partial charge on any atom is -0.377 e. The van der Waals surface area contributed by atoms with E-state index in [1.54, 1.807) is 0 Å². The van der Waals surface area contributed by atoms with Crippen molar-refractivity contribution < 1.29 is 4.74 Å². The molecule has 102 valence electrons. The third-order valence-corrected chi connectivity index (χ3v) is 3.26. The van der Waals surface area contributed by atoms with Crippen LogP contribution in [0.25, 0.3) is 0 Å². The summed E-state index contributed by atoms with van der Waals surface area (Å²) < 4.78 is 5.75. The van der Waals surface area contributed by atoms with Crippen molar-refractivity contribution in [1.82, 2.24) is 5.32 Å². The summed E-state index contributed by atoms with van der Waals surface area (Å²) in [6.45, 7) is 10.4. The van der Waals surface area contributed by atoms with Crippen molar-refractivity contribution in [3.63, 3.8) is 0 Å². The van der Waals surface area contributed by atoms with Crippen LogP contribution in [0, 0.1) is 0 Å². The van der Waals surface area contributed by atoms with Crippen LogP contribution in [0.1, 0.15) is 51.3 Å².